The van der Waals surface area contributed by atoms with Gasteiger partial charge in [0, 0.05) is 12.1 Å². The number of nitrogens with zero attached hydrogens (tertiary/aromatic N) is 1. The molecule has 3 heteroatoms. The largest absolute Gasteiger partial charge is 0.481 e. The van der Waals surface area contributed by atoms with Gasteiger partial charge in [0.15, 0.2) is 0 Å². The first-order chi connectivity index (χ1) is 7.09. The zero-order valence-corrected chi connectivity index (χ0v) is 9.65. The molecule has 86 valence electrons. The predicted molar refractivity (Wildman–Crippen MR) is 58.7 cm³/mol. The molecule has 0 aromatic carbocycles. The van der Waals surface area contributed by atoms with Crippen molar-refractivity contribution in [2.75, 3.05) is 6.54 Å². The first kappa shape index (κ1) is 10.9. The third-order valence-corrected chi connectivity index (χ3v) is 4.10. The van der Waals surface area contributed by atoms with Gasteiger partial charge in [-0.2, -0.15) is 0 Å². The topological polar surface area (TPSA) is 40.5 Å². The molecular weight excluding hydrogens is 190 g/mol. The van der Waals surface area contributed by atoms with Crippen LogP contribution >= 0.6 is 0 Å². The van der Waals surface area contributed by atoms with E-state index in [2.05, 4.69) is 18.7 Å². The smallest absolute Gasteiger partial charge is 0.306 e. The molecular formula is C12H21NO2. The molecule has 3 atom stereocenters. The van der Waals surface area contributed by atoms with Gasteiger partial charge in [-0.3, -0.25) is 9.69 Å². The Morgan fingerprint density at radius 3 is 2.53 bits per heavy atom. The van der Waals surface area contributed by atoms with E-state index in [1.54, 1.807) is 0 Å². The maximum Gasteiger partial charge on any atom is 0.306 e. The zero-order chi connectivity index (χ0) is 11.0. The summed E-state index contributed by atoms with van der Waals surface area (Å²) in [5.74, 6) is 0.164. The monoisotopic (exact) mass is 211 g/mol. The van der Waals surface area contributed by atoms with Crippen LogP contribution in [0.15, 0.2) is 0 Å². The van der Waals surface area contributed by atoms with E-state index < -0.39 is 5.97 Å². The molecule has 1 heterocycles. The lowest BCUT2D eigenvalue weighted by Gasteiger charge is -2.40. The summed E-state index contributed by atoms with van der Waals surface area (Å²) in [4.78, 5) is 13.4. The first-order valence-electron chi connectivity index (χ1n) is 6.08. The van der Waals surface area contributed by atoms with Gasteiger partial charge in [0.05, 0.1) is 5.92 Å². The molecule has 3 unspecified atom stereocenters. The summed E-state index contributed by atoms with van der Waals surface area (Å²) in [6, 6.07) is 1.10. The molecule has 0 radical (unpaired) electrons. The minimum Gasteiger partial charge on any atom is -0.481 e. The molecule has 3 nitrogen and oxygen atoms in total. The van der Waals surface area contributed by atoms with Crippen molar-refractivity contribution in [3.63, 3.8) is 0 Å². The van der Waals surface area contributed by atoms with Crippen LogP contribution in [0, 0.1) is 11.8 Å². The van der Waals surface area contributed by atoms with Gasteiger partial charge in [0.2, 0.25) is 0 Å². The molecule has 0 spiro atoms. The second-order valence-electron chi connectivity index (χ2n) is 5.22. The van der Waals surface area contributed by atoms with Crippen molar-refractivity contribution in [1.82, 2.24) is 4.90 Å². The van der Waals surface area contributed by atoms with E-state index in [-0.39, 0.29) is 5.92 Å². The average molecular weight is 211 g/mol. The summed E-state index contributed by atoms with van der Waals surface area (Å²) in [6.45, 7) is 5.44. The number of hydrogen-bond acceptors (Lipinski definition) is 2. The summed E-state index contributed by atoms with van der Waals surface area (Å²) in [7, 11) is 0. The Hall–Kier alpha value is -0.570. The van der Waals surface area contributed by atoms with Crippen molar-refractivity contribution in [2.45, 2.75) is 51.6 Å². The maximum absolute atomic E-state index is 10.9. The Balaban J connectivity index is 1.91. The number of likely N-dealkylation sites (tertiary alicyclic amines) is 1. The van der Waals surface area contributed by atoms with Crippen LogP contribution in [0.25, 0.3) is 0 Å². The second kappa shape index (κ2) is 4.12. The van der Waals surface area contributed by atoms with E-state index in [1.807, 2.05) is 0 Å². The minimum absolute atomic E-state index is 0.109. The fraction of sp³-hybridized carbons (Fsp3) is 0.917. The van der Waals surface area contributed by atoms with E-state index in [0.29, 0.717) is 12.1 Å². The quantitative estimate of drug-likeness (QED) is 0.776. The Kier molecular flexibility index (Phi) is 3.01. The van der Waals surface area contributed by atoms with Gasteiger partial charge in [-0.15, -0.1) is 0 Å². The molecule has 0 amide bonds. The minimum atomic E-state index is -0.611. The number of hydrogen-bond donors (Lipinski definition) is 1. The highest BCUT2D eigenvalue weighted by molar-refractivity contribution is 5.70. The molecule has 2 rings (SSSR count). The van der Waals surface area contributed by atoms with Crippen LogP contribution in [0.5, 0.6) is 0 Å². The lowest BCUT2D eigenvalue weighted by Crippen LogP contribution is -2.47. The van der Waals surface area contributed by atoms with Crippen LogP contribution < -0.4 is 0 Å². The Morgan fingerprint density at radius 1 is 1.40 bits per heavy atom. The van der Waals surface area contributed by atoms with Crippen molar-refractivity contribution >= 4 is 5.97 Å². The lowest BCUT2D eigenvalue weighted by atomic mass is 9.90. The number of carboxylic acids is 1. The van der Waals surface area contributed by atoms with Crippen LogP contribution in [-0.4, -0.2) is 34.6 Å². The van der Waals surface area contributed by atoms with Crippen LogP contribution in [0.2, 0.25) is 0 Å². The number of carbonyl (C=O) groups is 1. The van der Waals surface area contributed by atoms with Gasteiger partial charge >= 0.3 is 5.97 Å². The number of carboxylic acid groups (broad SMARTS) is 1. The Labute approximate surface area is 91.5 Å². The molecule has 1 saturated carbocycles. The molecule has 15 heavy (non-hydrogen) atoms. The molecule has 0 aromatic heterocycles. The van der Waals surface area contributed by atoms with Crippen molar-refractivity contribution in [3.05, 3.63) is 0 Å². The highest BCUT2D eigenvalue weighted by Crippen LogP contribution is 2.38. The molecule has 0 aromatic rings. The number of rotatable bonds is 3. The van der Waals surface area contributed by atoms with E-state index in [1.165, 1.54) is 12.8 Å². The number of aliphatic carboxylic acids is 1. The van der Waals surface area contributed by atoms with Gasteiger partial charge in [-0.1, -0.05) is 0 Å². The van der Waals surface area contributed by atoms with Crippen LogP contribution in [-0.2, 0) is 4.79 Å². The fourth-order valence-electron chi connectivity index (χ4n) is 2.87. The van der Waals surface area contributed by atoms with Crippen molar-refractivity contribution in [1.29, 1.82) is 0 Å². The normalized spacial score (nSPS) is 35.1. The highest BCUT2D eigenvalue weighted by Gasteiger charge is 2.37. The van der Waals surface area contributed by atoms with Crippen molar-refractivity contribution in [3.8, 4) is 0 Å². The van der Waals surface area contributed by atoms with Gasteiger partial charge in [-0.25, -0.2) is 0 Å². The summed E-state index contributed by atoms with van der Waals surface area (Å²) in [6.07, 6.45) is 4.39. The molecule has 2 fully saturated rings. The Morgan fingerprint density at radius 2 is 2.07 bits per heavy atom. The summed E-state index contributed by atoms with van der Waals surface area (Å²) < 4.78 is 0. The SMILES string of the molecule is CC1CC(C(=O)O)CCN1C(C)C1CC1. The summed E-state index contributed by atoms with van der Waals surface area (Å²) in [5, 5.41) is 8.98. The standard InChI is InChI=1S/C12H21NO2/c1-8-7-11(12(14)15)5-6-13(8)9(2)10-3-4-10/h8-11H,3-7H2,1-2H3,(H,14,15). The zero-order valence-electron chi connectivity index (χ0n) is 9.65. The van der Waals surface area contributed by atoms with E-state index in [0.717, 1.165) is 25.3 Å². The van der Waals surface area contributed by atoms with Crippen LogP contribution in [0.4, 0.5) is 0 Å². The van der Waals surface area contributed by atoms with Gasteiger partial charge in [0.25, 0.3) is 0 Å². The van der Waals surface area contributed by atoms with Gasteiger partial charge < -0.3 is 5.11 Å². The number of piperidine rings is 1. The molecule has 1 aliphatic carbocycles. The van der Waals surface area contributed by atoms with E-state index in [4.69, 9.17) is 5.11 Å². The summed E-state index contributed by atoms with van der Waals surface area (Å²) >= 11 is 0. The van der Waals surface area contributed by atoms with Crippen LogP contribution in [0.1, 0.15) is 39.5 Å². The van der Waals surface area contributed by atoms with Gasteiger partial charge in [0.1, 0.15) is 0 Å². The predicted octanol–water partition coefficient (Wildman–Crippen LogP) is 1.97. The summed E-state index contributed by atoms with van der Waals surface area (Å²) in [5.41, 5.74) is 0. The molecule has 1 saturated heterocycles. The maximum atomic E-state index is 10.9. The van der Waals surface area contributed by atoms with E-state index >= 15 is 0 Å². The van der Waals surface area contributed by atoms with Crippen molar-refractivity contribution < 1.29 is 9.90 Å². The van der Waals surface area contributed by atoms with Gasteiger partial charge in [-0.05, 0) is 52.0 Å². The molecule has 1 N–H and O–H groups in total. The first-order valence-corrected chi connectivity index (χ1v) is 6.08. The molecule has 0 bridgehead atoms. The molecule has 2 aliphatic rings. The highest BCUT2D eigenvalue weighted by atomic mass is 16.4. The van der Waals surface area contributed by atoms with E-state index in [9.17, 15) is 4.79 Å². The Bertz CT molecular complexity index is 250. The average Bonchev–Trinajstić information content (AvgIpc) is 2.99. The van der Waals surface area contributed by atoms with Crippen molar-refractivity contribution in [2.24, 2.45) is 11.8 Å². The fourth-order valence-corrected chi connectivity index (χ4v) is 2.87. The third-order valence-electron chi connectivity index (χ3n) is 4.10. The molecule has 1 aliphatic heterocycles. The van der Waals surface area contributed by atoms with Crippen LogP contribution in [0.3, 0.4) is 0 Å². The second-order valence-corrected chi connectivity index (χ2v) is 5.22. The third kappa shape index (κ3) is 2.33. The lowest BCUT2D eigenvalue weighted by molar-refractivity contribution is -0.144.